The number of ether oxygens (including phenoxy) is 1. The smallest absolute Gasteiger partial charge is 0.361 e. The van der Waals surface area contributed by atoms with Gasteiger partial charge in [0.25, 0.3) is 5.52 Å². The number of carbonyl (C=O) groups excluding carboxylic acids is 1. The molecular formula is C15H18N2O4. The zero-order valence-electron chi connectivity index (χ0n) is 12.0. The van der Waals surface area contributed by atoms with Crippen molar-refractivity contribution in [1.82, 2.24) is 4.90 Å². The van der Waals surface area contributed by atoms with E-state index < -0.39 is 0 Å². The first-order valence-corrected chi connectivity index (χ1v) is 7.16. The van der Waals surface area contributed by atoms with Crippen LogP contribution < -0.4 is 9.47 Å². The van der Waals surface area contributed by atoms with Crippen LogP contribution in [0.2, 0.25) is 0 Å². The highest BCUT2D eigenvalue weighted by atomic mass is 16.5. The molecule has 0 N–H and O–H groups in total. The number of fused-ring (bicyclic) bond motifs is 1. The molecule has 1 saturated heterocycles. The average Bonchev–Trinajstić information content (AvgIpc) is 2.82. The summed E-state index contributed by atoms with van der Waals surface area (Å²) in [5.74, 6) is 1.14. The van der Waals surface area contributed by atoms with Crippen LogP contribution in [-0.4, -0.2) is 31.0 Å². The molecule has 1 aliphatic heterocycles. The van der Waals surface area contributed by atoms with Gasteiger partial charge in [0.2, 0.25) is 11.5 Å². The van der Waals surface area contributed by atoms with Gasteiger partial charge in [0.1, 0.15) is 5.75 Å². The van der Waals surface area contributed by atoms with E-state index in [9.17, 15) is 10.0 Å². The van der Waals surface area contributed by atoms with Crippen molar-refractivity contribution < 1.29 is 18.7 Å². The largest absolute Gasteiger partial charge is 0.616 e. The normalized spacial score (nSPS) is 15.7. The maximum Gasteiger partial charge on any atom is 0.361 e. The second-order valence-electron chi connectivity index (χ2n) is 5.21. The van der Waals surface area contributed by atoms with Gasteiger partial charge in [-0.2, -0.15) is 0 Å². The fourth-order valence-corrected chi connectivity index (χ4v) is 2.66. The lowest BCUT2D eigenvalue weighted by Gasteiger charge is -2.25. The lowest BCUT2D eigenvalue weighted by atomic mass is 10.1. The minimum absolute atomic E-state index is 0.163. The molecule has 112 valence electrons. The van der Waals surface area contributed by atoms with E-state index in [2.05, 4.69) is 0 Å². The highest BCUT2D eigenvalue weighted by Crippen LogP contribution is 2.20. The molecule has 0 atom stereocenters. The monoisotopic (exact) mass is 290 g/mol. The highest BCUT2D eigenvalue weighted by Gasteiger charge is 2.22. The van der Waals surface area contributed by atoms with Gasteiger partial charge >= 0.3 is 5.89 Å². The third kappa shape index (κ3) is 2.66. The van der Waals surface area contributed by atoms with Crippen molar-refractivity contribution in [3.8, 4) is 5.75 Å². The standard InChI is InChI=1S/C15H18N2O4/c1-20-11-5-6-12-13(10-11)21-15(17(12)19)7-9-16-8-3-2-4-14(16)18/h5-6,10H,2-4,7-9H2,1H3. The zero-order chi connectivity index (χ0) is 14.8. The van der Waals surface area contributed by atoms with Crippen molar-refractivity contribution in [3.05, 3.63) is 29.3 Å². The van der Waals surface area contributed by atoms with Gasteiger partial charge in [-0.05, 0) is 18.9 Å². The molecule has 2 aromatic rings. The molecule has 6 heteroatoms. The Kier molecular flexibility index (Phi) is 3.68. The molecule has 0 bridgehead atoms. The first-order valence-electron chi connectivity index (χ1n) is 7.16. The maximum absolute atomic E-state index is 12.2. The van der Waals surface area contributed by atoms with E-state index in [4.69, 9.17) is 9.15 Å². The SMILES string of the molecule is COc1ccc2c(c1)oc(CCN1CCCCC1=O)[n+]2[O-]. The van der Waals surface area contributed by atoms with Crippen molar-refractivity contribution in [2.45, 2.75) is 25.7 Å². The van der Waals surface area contributed by atoms with E-state index in [1.54, 1.807) is 30.2 Å². The van der Waals surface area contributed by atoms with Crippen molar-refractivity contribution in [3.63, 3.8) is 0 Å². The van der Waals surface area contributed by atoms with Crippen molar-refractivity contribution >= 4 is 17.0 Å². The number of rotatable bonds is 4. The number of aromatic nitrogens is 1. The first kappa shape index (κ1) is 13.7. The fourth-order valence-electron chi connectivity index (χ4n) is 2.66. The number of amides is 1. The summed E-state index contributed by atoms with van der Waals surface area (Å²) in [5, 5.41) is 12.2. The second-order valence-corrected chi connectivity index (χ2v) is 5.21. The van der Waals surface area contributed by atoms with E-state index in [1.165, 1.54) is 0 Å². The number of likely N-dealkylation sites (tertiary alicyclic amines) is 1. The van der Waals surface area contributed by atoms with E-state index in [1.807, 2.05) is 0 Å². The number of methoxy groups -OCH3 is 1. The molecule has 3 rings (SSSR count). The lowest BCUT2D eigenvalue weighted by molar-refractivity contribution is -0.592. The van der Waals surface area contributed by atoms with Gasteiger partial charge < -0.3 is 19.3 Å². The molecule has 2 heterocycles. The molecule has 0 aliphatic carbocycles. The summed E-state index contributed by atoms with van der Waals surface area (Å²) in [7, 11) is 1.57. The number of carbonyl (C=O) groups is 1. The van der Waals surface area contributed by atoms with Crippen LogP contribution in [-0.2, 0) is 11.2 Å². The predicted octanol–water partition coefficient (Wildman–Crippen LogP) is 1.63. The third-order valence-electron chi connectivity index (χ3n) is 3.86. The van der Waals surface area contributed by atoms with Crippen LogP contribution in [0.1, 0.15) is 25.2 Å². The van der Waals surface area contributed by atoms with Crippen LogP contribution in [0, 0.1) is 5.21 Å². The van der Waals surface area contributed by atoms with E-state index in [0.29, 0.717) is 42.1 Å². The summed E-state index contributed by atoms with van der Waals surface area (Å²) in [6, 6.07) is 5.10. The Morgan fingerprint density at radius 2 is 2.29 bits per heavy atom. The molecular weight excluding hydrogens is 272 g/mol. The van der Waals surface area contributed by atoms with Crippen LogP contribution in [0.4, 0.5) is 0 Å². The van der Waals surface area contributed by atoms with Crippen LogP contribution in [0.5, 0.6) is 5.75 Å². The molecule has 1 aromatic carbocycles. The Morgan fingerprint density at radius 1 is 1.43 bits per heavy atom. The summed E-state index contributed by atoms with van der Waals surface area (Å²) in [4.78, 5) is 13.6. The number of nitrogens with zero attached hydrogens (tertiary/aromatic N) is 2. The first-order chi connectivity index (χ1) is 10.2. The molecule has 1 amide bonds. The summed E-state index contributed by atoms with van der Waals surface area (Å²) >= 11 is 0. The van der Waals surface area contributed by atoms with Gasteiger partial charge in [-0.3, -0.25) is 4.79 Å². The summed E-state index contributed by atoms with van der Waals surface area (Å²) in [5.41, 5.74) is 0.986. The maximum atomic E-state index is 12.2. The van der Waals surface area contributed by atoms with Gasteiger partial charge in [-0.25, -0.2) is 0 Å². The van der Waals surface area contributed by atoms with Gasteiger partial charge in [0.05, 0.1) is 13.5 Å². The minimum atomic E-state index is 0.163. The van der Waals surface area contributed by atoms with E-state index >= 15 is 0 Å². The topological polar surface area (TPSA) is 69.6 Å². The summed E-state index contributed by atoms with van der Waals surface area (Å²) in [6.45, 7) is 1.30. The average molecular weight is 290 g/mol. The van der Waals surface area contributed by atoms with E-state index in [0.717, 1.165) is 24.1 Å². The fraction of sp³-hybridized carbons (Fsp3) is 0.467. The molecule has 0 saturated carbocycles. The van der Waals surface area contributed by atoms with E-state index in [-0.39, 0.29) is 5.91 Å². The quantitative estimate of drug-likeness (QED) is 0.634. The lowest BCUT2D eigenvalue weighted by Crippen LogP contribution is -2.38. The molecule has 6 nitrogen and oxygen atoms in total. The highest BCUT2D eigenvalue weighted by molar-refractivity contribution is 5.76. The van der Waals surface area contributed by atoms with Crippen LogP contribution in [0.25, 0.3) is 11.1 Å². The predicted molar refractivity (Wildman–Crippen MR) is 75.9 cm³/mol. The molecule has 0 unspecified atom stereocenters. The van der Waals surface area contributed by atoms with Crippen LogP contribution in [0.3, 0.4) is 0 Å². The zero-order valence-corrected chi connectivity index (χ0v) is 12.0. The Morgan fingerprint density at radius 3 is 3.05 bits per heavy atom. The number of piperidine rings is 1. The van der Waals surface area contributed by atoms with Crippen LogP contribution in [0.15, 0.2) is 22.6 Å². The van der Waals surface area contributed by atoms with Gasteiger partial charge in [-0.15, -0.1) is 4.73 Å². The Labute approximate surface area is 122 Å². The summed E-state index contributed by atoms with van der Waals surface area (Å²) < 4.78 is 11.5. The van der Waals surface area contributed by atoms with Gasteiger partial charge in [-0.1, -0.05) is 0 Å². The van der Waals surface area contributed by atoms with Gasteiger partial charge in [0, 0.05) is 31.6 Å². The number of hydrogen-bond acceptors (Lipinski definition) is 4. The number of benzene rings is 1. The third-order valence-corrected chi connectivity index (χ3v) is 3.86. The van der Waals surface area contributed by atoms with Gasteiger partial charge in [0.15, 0.2) is 0 Å². The Bertz CT molecular complexity index is 665. The van der Waals surface area contributed by atoms with Crippen LogP contribution >= 0.6 is 0 Å². The van der Waals surface area contributed by atoms with Crippen molar-refractivity contribution in [1.29, 1.82) is 0 Å². The second kappa shape index (κ2) is 5.63. The number of oxazole rings is 1. The van der Waals surface area contributed by atoms with Crippen molar-refractivity contribution in [2.75, 3.05) is 20.2 Å². The molecule has 0 spiro atoms. The molecule has 1 fully saturated rings. The number of hydrogen-bond donors (Lipinski definition) is 0. The Balaban J connectivity index is 1.77. The molecule has 1 aromatic heterocycles. The minimum Gasteiger partial charge on any atom is -0.616 e. The van der Waals surface area contributed by atoms with Crippen molar-refractivity contribution in [2.24, 2.45) is 0 Å². The molecule has 1 aliphatic rings. The molecule has 21 heavy (non-hydrogen) atoms. The molecule has 0 radical (unpaired) electrons. The summed E-state index contributed by atoms with van der Waals surface area (Å²) in [6.07, 6.45) is 3.02. The Hall–Kier alpha value is -2.24.